The van der Waals surface area contributed by atoms with Crippen molar-refractivity contribution >= 4 is 6.09 Å². The molecule has 0 aliphatic heterocycles. The van der Waals surface area contributed by atoms with Gasteiger partial charge in [0.1, 0.15) is 6.61 Å². The maximum absolute atomic E-state index is 12.7. The van der Waals surface area contributed by atoms with E-state index < -0.39 is 6.10 Å². The van der Waals surface area contributed by atoms with Crippen LogP contribution in [0.2, 0.25) is 0 Å². The molecule has 136 valence electrons. The minimum Gasteiger partial charge on any atom is -0.448 e. The van der Waals surface area contributed by atoms with Crippen molar-refractivity contribution in [1.29, 1.82) is 0 Å². The first-order chi connectivity index (χ1) is 12.7. The van der Waals surface area contributed by atoms with Gasteiger partial charge < -0.3 is 14.7 Å². The standard InChI is InChI=1S/C22H25NO3/c1-2-23(20-12-7-13-21(20)24)22(25)26-14-19-17-10-5-3-8-15(17)16-9-4-6-11-18(16)19/h3-6,8-11,19-21,24H,2,7,12-14H2,1H3/t20-,21-/m1/s1. The Hall–Kier alpha value is -2.33. The summed E-state index contributed by atoms with van der Waals surface area (Å²) in [7, 11) is 0. The van der Waals surface area contributed by atoms with E-state index in [1.165, 1.54) is 22.3 Å². The third kappa shape index (κ3) is 2.88. The number of hydrogen-bond acceptors (Lipinski definition) is 3. The number of likely N-dealkylation sites (N-methyl/N-ethyl adjacent to an activating group) is 1. The lowest BCUT2D eigenvalue weighted by atomic mass is 9.98. The van der Waals surface area contributed by atoms with E-state index in [9.17, 15) is 9.90 Å². The van der Waals surface area contributed by atoms with Crippen molar-refractivity contribution in [3.63, 3.8) is 0 Å². The number of ether oxygens (including phenoxy) is 1. The summed E-state index contributed by atoms with van der Waals surface area (Å²) >= 11 is 0. The first-order valence-corrected chi connectivity index (χ1v) is 9.50. The van der Waals surface area contributed by atoms with Gasteiger partial charge in [0.05, 0.1) is 12.1 Å². The van der Waals surface area contributed by atoms with Crippen molar-refractivity contribution in [3.05, 3.63) is 59.7 Å². The van der Waals surface area contributed by atoms with Crippen molar-refractivity contribution in [2.45, 2.75) is 44.2 Å². The van der Waals surface area contributed by atoms with Crippen LogP contribution in [0.1, 0.15) is 43.2 Å². The highest BCUT2D eigenvalue weighted by Crippen LogP contribution is 2.44. The minimum absolute atomic E-state index is 0.0681. The van der Waals surface area contributed by atoms with Crippen LogP contribution in [0.15, 0.2) is 48.5 Å². The van der Waals surface area contributed by atoms with Gasteiger partial charge in [-0.15, -0.1) is 0 Å². The van der Waals surface area contributed by atoms with Crippen LogP contribution in [-0.4, -0.2) is 41.4 Å². The summed E-state index contributed by atoms with van der Waals surface area (Å²) in [5, 5.41) is 10.1. The Morgan fingerprint density at radius 2 is 1.69 bits per heavy atom. The molecular formula is C22H25NO3. The molecule has 0 heterocycles. The molecule has 0 bridgehead atoms. The van der Waals surface area contributed by atoms with Gasteiger partial charge in [0.25, 0.3) is 0 Å². The van der Waals surface area contributed by atoms with E-state index in [4.69, 9.17) is 4.74 Å². The summed E-state index contributed by atoms with van der Waals surface area (Å²) in [6.45, 7) is 2.82. The third-order valence-electron chi connectivity index (χ3n) is 5.76. The van der Waals surface area contributed by atoms with Crippen molar-refractivity contribution in [1.82, 2.24) is 4.90 Å². The average Bonchev–Trinajstić information content (AvgIpc) is 3.22. The number of hydrogen-bond donors (Lipinski definition) is 1. The van der Waals surface area contributed by atoms with Crippen molar-refractivity contribution < 1.29 is 14.6 Å². The molecule has 2 aromatic rings. The zero-order valence-electron chi connectivity index (χ0n) is 15.1. The highest BCUT2D eigenvalue weighted by Gasteiger charge is 2.35. The van der Waals surface area contributed by atoms with Gasteiger partial charge in [-0.2, -0.15) is 0 Å². The van der Waals surface area contributed by atoms with Gasteiger partial charge in [-0.1, -0.05) is 48.5 Å². The van der Waals surface area contributed by atoms with Crippen molar-refractivity contribution in [2.24, 2.45) is 0 Å². The van der Waals surface area contributed by atoms with Crippen LogP contribution in [0.3, 0.4) is 0 Å². The predicted octanol–water partition coefficient (Wildman–Crippen LogP) is 4.17. The maximum Gasteiger partial charge on any atom is 0.410 e. The highest BCUT2D eigenvalue weighted by molar-refractivity contribution is 5.79. The summed E-state index contributed by atoms with van der Waals surface area (Å²) in [5.74, 6) is 0.0681. The maximum atomic E-state index is 12.7. The second-order valence-electron chi connectivity index (χ2n) is 7.16. The predicted molar refractivity (Wildman–Crippen MR) is 101 cm³/mol. The van der Waals surface area contributed by atoms with E-state index in [2.05, 4.69) is 24.3 Å². The zero-order chi connectivity index (χ0) is 18.1. The van der Waals surface area contributed by atoms with Crippen LogP contribution < -0.4 is 0 Å². The van der Waals surface area contributed by atoms with Crippen LogP contribution in [-0.2, 0) is 4.74 Å². The molecule has 1 amide bonds. The normalized spacial score (nSPS) is 21.3. The summed E-state index contributed by atoms with van der Waals surface area (Å²) in [6.07, 6.45) is 1.81. The number of fused-ring (bicyclic) bond motifs is 3. The first-order valence-electron chi connectivity index (χ1n) is 9.50. The molecule has 0 radical (unpaired) electrons. The van der Waals surface area contributed by atoms with E-state index in [0.717, 1.165) is 19.3 Å². The average molecular weight is 351 g/mol. The number of carbonyl (C=O) groups is 1. The SMILES string of the molecule is CCN(C(=O)OCC1c2ccccc2-c2ccccc21)[C@@H]1CCC[C@H]1O. The van der Waals surface area contributed by atoms with Gasteiger partial charge in [0.15, 0.2) is 0 Å². The molecule has 0 aromatic heterocycles. The lowest BCUT2D eigenvalue weighted by Crippen LogP contribution is -2.44. The molecule has 2 aliphatic carbocycles. The smallest absolute Gasteiger partial charge is 0.410 e. The zero-order valence-corrected chi connectivity index (χ0v) is 15.1. The lowest BCUT2D eigenvalue weighted by Gasteiger charge is -2.29. The number of amides is 1. The van der Waals surface area contributed by atoms with Gasteiger partial charge in [-0.3, -0.25) is 0 Å². The van der Waals surface area contributed by atoms with E-state index in [-0.39, 0.29) is 18.1 Å². The van der Waals surface area contributed by atoms with E-state index in [1.54, 1.807) is 4.90 Å². The Kier molecular flexibility index (Phi) is 4.68. The van der Waals surface area contributed by atoms with Crippen LogP contribution in [0.25, 0.3) is 11.1 Å². The second-order valence-corrected chi connectivity index (χ2v) is 7.16. The summed E-state index contributed by atoms with van der Waals surface area (Å²) in [6, 6.07) is 16.5. The third-order valence-corrected chi connectivity index (χ3v) is 5.76. The number of carbonyl (C=O) groups excluding carboxylic acids is 1. The quantitative estimate of drug-likeness (QED) is 0.899. The summed E-state index contributed by atoms with van der Waals surface area (Å²) in [4.78, 5) is 14.4. The van der Waals surface area contributed by atoms with Crippen molar-refractivity contribution in [2.75, 3.05) is 13.2 Å². The molecule has 4 heteroatoms. The Morgan fingerprint density at radius 1 is 1.08 bits per heavy atom. The van der Waals surface area contributed by atoms with Gasteiger partial charge >= 0.3 is 6.09 Å². The molecule has 1 fully saturated rings. The molecule has 26 heavy (non-hydrogen) atoms. The van der Waals surface area contributed by atoms with Crippen LogP contribution in [0.4, 0.5) is 4.79 Å². The molecule has 2 aromatic carbocycles. The molecule has 1 saturated carbocycles. The van der Waals surface area contributed by atoms with Crippen LogP contribution in [0.5, 0.6) is 0 Å². The number of aliphatic hydroxyl groups is 1. The largest absolute Gasteiger partial charge is 0.448 e. The van der Waals surface area contributed by atoms with E-state index in [0.29, 0.717) is 13.2 Å². The number of rotatable bonds is 4. The van der Waals surface area contributed by atoms with Gasteiger partial charge in [-0.05, 0) is 48.4 Å². The summed E-state index contributed by atoms with van der Waals surface area (Å²) < 4.78 is 5.73. The monoisotopic (exact) mass is 351 g/mol. The van der Waals surface area contributed by atoms with Crippen LogP contribution >= 0.6 is 0 Å². The summed E-state index contributed by atoms with van der Waals surface area (Å²) in [5.41, 5.74) is 4.88. The minimum atomic E-state index is -0.435. The van der Waals surface area contributed by atoms with E-state index in [1.807, 2.05) is 31.2 Å². The Morgan fingerprint density at radius 3 is 2.23 bits per heavy atom. The fourth-order valence-electron chi connectivity index (χ4n) is 4.46. The Labute approximate surface area is 154 Å². The molecule has 2 atom stereocenters. The van der Waals surface area contributed by atoms with Gasteiger partial charge in [0.2, 0.25) is 0 Å². The molecular weight excluding hydrogens is 326 g/mol. The van der Waals surface area contributed by atoms with Crippen molar-refractivity contribution in [3.8, 4) is 11.1 Å². The Bertz CT molecular complexity index is 758. The fraction of sp³-hybridized carbons (Fsp3) is 0.409. The number of nitrogens with zero attached hydrogens (tertiary/aromatic N) is 1. The lowest BCUT2D eigenvalue weighted by molar-refractivity contribution is 0.0482. The van der Waals surface area contributed by atoms with Gasteiger partial charge in [0, 0.05) is 12.5 Å². The molecule has 0 spiro atoms. The van der Waals surface area contributed by atoms with Crippen LogP contribution in [0, 0.1) is 0 Å². The second kappa shape index (κ2) is 7.12. The number of aliphatic hydroxyl groups excluding tert-OH is 1. The fourth-order valence-corrected chi connectivity index (χ4v) is 4.46. The van der Waals surface area contributed by atoms with Gasteiger partial charge in [-0.25, -0.2) is 4.79 Å². The van der Waals surface area contributed by atoms with E-state index >= 15 is 0 Å². The molecule has 1 N–H and O–H groups in total. The molecule has 4 rings (SSSR count). The molecule has 0 unspecified atom stereocenters. The first kappa shape index (κ1) is 17.1. The highest BCUT2D eigenvalue weighted by atomic mass is 16.6. The molecule has 4 nitrogen and oxygen atoms in total. The molecule has 0 saturated heterocycles. The Balaban J connectivity index is 1.52. The number of benzene rings is 2. The topological polar surface area (TPSA) is 49.8 Å². The molecule has 2 aliphatic rings.